The zero-order chi connectivity index (χ0) is 24.1. The van der Waals surface area contributed by atoms with Crippen molar-refractivity contribution >= 4 is 20.1 Å². The Balaban J connectivity index is 5.42. The van der Waals surface area contributed by atoms with Crippen molar-refractivity contribution in [2.75, 3.05) is 0 Å². The number of rotatable bonds is 12. The molecule has 0 aliphatic rings. The van der Waals surface area contributed by atoms with Crippen LogP contribution in [0.25, 0.3) is 0 Å². The maximum absolute atomic E-state index is 12.6. The third kappa shape index (κ3) is 8.25. The second-order valence-electron chi connectivity index (χ2n) is 10.5. The van der Waals surface area contributed by atoms with Gasteiger partial charge in [0.05, 0.1) is 18.1 Å². The van der Waals surface area contributed by atoms with Crippen molar-refractivity contribution in [1.82, 2.24) is 0 Å². The van der Waals surface area contributed by atoms with Crippen molar-refractivity contribution in [3.8, 4) is 0 Å². The molecule has 0 aliphatic heterocycles. The number of allylic oxidation sites excluding steroid dienone is 1. The molecule has 0 saturated carbocycles. The van der Waals surface area contributed by atoms with Gasteiger partial charge in [-0.15, -0.1) is 0 Å². The first-order chi connectivity index (χ1) is 13.4. The number of aliphatic hydroxyl groups excluding tert-OH is 1. The highest BCUT2D eigenvalue weighted by Crippen LogP contribution is 2.40. The summed E-state index contributed by atoms with van der Waals surface area (Å²) < 4.78 is 6.48. The van der Waals surface area contributed by atoms with Gasteiger partial charge in [-0.05, 0) is 62.9 Å². The highest BCUT2D eigenvalue weighted by atomic mass is 28.4. The molecule has 0 fully saturated rings. The summed E-state index contributed by atoms with van der Waals surface area (Å²) in [6.07, 6.45) is 2.06. The number of ketones is 1. The van der Waals surface area contributed by atoms with Crippen LogP contribution in [0.1, 0.15) is 68.2 Å². The third-order valence-corrected chi connectivity index (χ3v) is 11.0. The van der Waals surface area contributed by atoms with E-state index in [2.05, 4.69) is 33.9 Å². The fourth-order valence-corrected chi connectivity index (χ4v) is 4.59. The fraction of sp³-hybridized carbons (Fsp3) is 0.826. The average Bonchev–Trinajstić information content (AvgIpc) is 2.61. The van der Waals surface area contributed by atoms with E-state index >= 15 is 0 Å². The summed E-state index contributed by atoms with van der Waals surface area (Å²) in [5.41, 5.74) is -1.47. The molecule has 30 heavy (non-hydrogen) atoms. The average molecular weight is 445 g/mol. The molecule has 0 spiro atoms. The van der Waals surface area contributed by atoms with Gasteiger partial charge in [-0.25, -0.2) is 0 Å². The lowest BCUT2D eigenvalue weighted by Gasteiger charge is -2.42. The Morgan fingerprint density at radius 2 is 1.60 bits per heavy atom. The Kier molecular flexibility index (Phi) is 10.6. The highest BCUT2D eigenvalue weighted by molar-refractivity contribution is 6.74. The molecule has 0 aromatic rings. The summed E-state index contributed by atoms with van der Waals surface area (Å²) >= 11 is 0. The van der Waals surface area contributed by atoms with Gasteiger partial charge in [0, 0.05) is 5.92 Å². The molecular weight excluding hydrogens is 400 g/mol. The Morgan fingerprint density at radius 1 is 1.10 bits per heavy atom. The lowest BCUT2D eigenvalue weighted by atomic mass is 9.85. The second kappa shape index (κ2) is 11.0. The van der Waals surface area contributed by atoms with E-state index in [9.17, 15) is 24.9 Å². The van der Waals surface area contributed by atoms with Crippen LogP contribution < -0.4 is 0 Å². The van der Waals surface area contributed by atoms with Gasteiger partial charge in [0.2, 0.25) is 0 Å². The molecule has 3 N–H and O–H groups in total. The van der Waals surface area contributed by atoms with E-state index in [1.54, 1.807) is 20.8 Å². The first-order valence-electron chi connectivity index (χ1n) is 10.9. The third-order valence-electron chi connectivity index (χ3n) is 6.54. The highest BCUT2D eigenvalue weighted by Gasteiger charge is 2.43. The van der Waals surface area contributed by atoms with Crippen molar-refractivity contribution in [3.63, 3.8) is 0 Å². The molecule has 0 radical (unpaired) electrons. The molecule has 0 rings (SSSR count). The normalized spacial score (nSPS) is 20.3. The lowest BCUT2D eigenvalue weighted by molar-refractivity contribution is -0.145. The maximum atomic E-state index is 12.6. The Labute approximate surface area is 183 Å². The van der Waals surface area contributed by atoms with Gasteiger partial charge >= 0.3 is 5.97 Å². The minimum Gasteiger partial charge on any atom is -0.481 e. The second-order valence-corrected chi connectivity index (χ2v) is 15.2. The Bertz CT molecular complexity index is 605. The molecule has 0 aliphatic carbocycles. The molecule has 0 aromatic carbocycles. The van der Waals surface area contributed by atoms with Gasteiger partial charge in [-0.2, -0.15) is 0 Å². The van der Waals surface area contributed by atoms with Crippen LogP contribution >= 0.6 is 0 Å². The van der Waals surface area contributed by atoms with Gasteiger partial charge in [-0.3, -0.25) is 9.59 Å². The number of hydrogen-bond acceptors (Lipinski definition) is 5. The molecule has 176 valence electrons. The number of aliphatic carboxylic acids is 1. The summed E-state index contributed by atoms with van der Waals surface area (Å²) in [6, 6.07) is 0. The number of carboxylic acids is 1. The van der Waals surface area contributed by atoms with Gasteiger partial charge in [0.15, 0.2) is 14.1 Å². The van der Waals surface area contributed by atoms with E-state index in [0.29, 0.717) is 12.8 Å². The molecule has 7 heteroatoms. The van der Waals surface area contributed by atoms with Crippen molar-refractivity contribution in [1.29, 1.82) is 0 Å². The van der Waals surface area contributed by atoms with E-state index in [0.717, 1.165) is 0 Å². The molecule has 0 aromatic heterocycles. The van der Waals surface area contributed by atoms with Crippen LogP contribution in [-0.2, 0) is 14.0 Å². The number of carbonyl (C=O) groups excluding carboxylic acids is 1. The van der Waals surface area contributed by atoms with E-state index in [1.165, 1.54) is 19.1 Å². The molecule has 0 unspecified atom stereocenters. The first-order valence-corrected chi connectivity index (χ1v) is 13.8. The van der Waals surface area contributed by atoms with E-state index in [1.807, 2.05) is 6.92 Å². The molecule has 6 nitrogen and oxygen atoms in total. The molecule has 6 atom stereocenters. The SMILES string of the molecule is CC[C@@H](O)[C@@](C)(O)/C=C/C(=O)[C@H](C)C[C@H](C)[C@H](O[Si](C)(C)C(C)(C)C)[C@@H](C)C(=O)O. The van der Waals surface area contributed by atoms with Crippen LogP contribution in [0, 0.1) is 17.8 Å². The number of carbonyl (C=O) groups is 2. The van der Waals surface area contributed by atoms with E-state index in [4.69, 9.17) is 4.43 Å². The molecule has 0 bridgehead atoms. The Hall–Kier alpha value is -1.02. The lowest BCUT2D eigenvalue weighted by Crippen LogP contribution is -2.48. The van der Waals surface area contributed by atoms with Crippen LogP contribution in [0.5, 0.6) is 0 Å². The maximum Gasteiger partial charge on any atom is 0.308 e. The number of hydrogen-bond donors (Lipinski definition) is 3. The Morgan fingerprint density at radius 3 is 2.00 bits per heavy atom. The molecule has 0 heterocycles. The van der Waals surface area contributed by atoms with Crippen molar-refractivity contribution < 1.29 is 29.3 Å². The van der Waals surface area contributed by atoms with Crippen molar-refractivity contribution in [2.24, 2.45) is 17.8 Å². The molecular formula is C23H44O6Si. The van der Waals surface area contributed by atoms with Crippen LogP contribution in [0.4, 0.5) is 0 Å². The monoisotopic (exact) mass is 444 g/mol. The summed E-state index contributed by atoms with van der Waals surface area (Å²) in [5, 5.41) is 29.7. The topological polar surface area (TPSA) is 104 Å². The van der Waals surface area contributed by atoms with Crippen LogP contribution in [0.3, 0.4) is 0 Å². The van der Waals surface area contributed by atoms with Crippen LogP contribution in [0.2, 0.25) is 18.1 Å². The van der Waals surface area contributed by atoms with E-state index < -0.39 is 38.0 Å². The summed E-state index contributed by atoms with van der Waals surface area (Å²) in [6.45, 7) is 19.1. The number of carboxylic acid groups (broad SMARTS) is 1. The van der Waals surface area contributed by atoms with Crippen LogP contribution in [-0.4, -0.2) is 53.2 Å². The predicted molar refractivity (Wildman–Crippen MR) is 123 cm³/mol. The van der Waals surface area contributed by atoms with E-state index in [-0.39, 0.29) is 22.7 Å². The van der Waals surface area contributed by atoms with Crippen LogP contribution in [0.15, 0.2) is 12.2 Å². The smallest absolute Gasteiger partial charge is 0.308 e. The van der Waals surface area contributed by atoms with Gasteiger partial charge in [0.1, 0.15) is 5.60 Å². The number of aliphatic hydroxyl groups is 2. The van der Waals surface area contributed by atoms with Gasteiger partial charge in [0.25, 0.3) is 0 Å². The zero-order valence-corrected chi connectivity index (χ0v) is 21.5. The fourth-order valence-electron chi connectivity index (χ4n) is 3.12. The predicted octanol–water partition coefficient (Wildman–Crippen LogP) is 4.41. The molecule has 0 saturated heterocycles. The minimum atomic E-state index is -2.20. The quantitative estimate of drug-likeness (QED) is 0.304. The summed E-state index contributed by atoms with van der Waals surface area (Å²) in [4.78, 5) is 24.3. The van der Waals surface area contributed by atoms with Crippen molar-refractivity contribution in [3.05, 3.63) is 12.2 Å². The minimum absolute atomic E-state index is 0.0565. The summed E-state index contributed by atoms with van der Waals surface area (Å²) in [5.74, 6) is -2.27. The zero-order valence-electron chi connectivity index (χ0n) is 20.5. The standard InChI is InChI=1S/C23H44O6Si/c1-11-19(25)23(8,28)13-12-18(24)15(2)14-16(3)20(17(4)21(26)27)29-30(9,10)22(5,6)7/h12-13,15-17,19-20,25,28H,11,14H2,1-10H3,(H,26,27)/b13-12+/t15-,16+,17-,19-,20+,23+/m1/s1. The first kappa shape index (κ1) is 29.0. The van der Waals surface area contributed by atoms with Gasteiger partial charge < -0.3 is 19.7 Å². The summed E-state index contributed by atoms with van der Waals surface area (Å²) in [7, 11) is -2.20. The largest absolute Gasteiger partial charge is 0.481 e. The van der Waals surface area contributed by atoms with Gasteiger partial charge in [-0.1, -0.05) is 41.5 Å². The molecule has 0 amide bonds. The van der Waals surface area contributed by atoms with Crippen molar-refractivity contribution in [2.45, 2.75) is 104 Å².